The van der Waals surface area contributed by atoms with Crippen LogP contribution in [0.25, 0.3) is 0 Å². The Bertz CT molecular complexity index is 248. The van der Waals surface area contributed by atoms with Crippen molar-refractivity contribution in [3.8, 4) is 0 Å². The van der Waals surface area contributed by atoms with E-state index < -0.39 is 0 Å². The lowest BCUT2D eigenvalue weighted by molar-refractivity contribution is 0.179. The maximum atomic E-state index is 5.46. The van der Waals surface area contributed by atoms with Crippen molar-refractivity contribution in [1.29, 1.82) is 0 Å². The minimum absolute atomic E-state index is 0.577. The van der Waals surface area contributed by atoms with Gasteiger partial charge < -0.3 is 9.64 Å². The van der Waals surface area contributed by atoms with Gasteiger partial charge in [0, 0.05) is 6.04 Å². The molecule has 0 bridgehead atoms. The number of ether oxygens (including phenoxy) is 1. The van der Waals surface area contributed by atoms with E-state index in [0.29, 0.717) is 6.10 Å². The van der Waals surface area contributed by atoms with Crippen molar-refractivity contribution >= 4 is 0 Å². The Kier molecular flexibility index (Phi) is 13.0. The van der Waals surface area contributed by atoms with Crippen molar-refractivity contribution in [2.45, 2.75) is 116 Å². The first kappa shape index (κ1) is 21.0. The molecule has 0 spiro atoms. The third-order valence-electron chi connectivity index (χ3n) is 5.41. The van der Waals surface area contributed by atoms with Crippen molar-refractivity contribution in [1.82, 2.24) is 4.90 Å². The van der Waals surface area contributed by atoms with Crippen molar-refractivity contribution in [2.24, 2.45) is 0 Å². The fourth-order valence-corrected chi connectivity index (χ4v) is 3.74. The molecule has 0 aromatic rings. The molecule has 0 aromatic heterocycles. The zero-order valence-corrected chi connectivity index (χ0v) is 16.3. The zero-order valence-electron chi connectivity index (χ0n) is 16.3. The fraction of sp³-hybridized carbons (Fsp3) is 1.00. The molecule has 1 fully saturated rings. The monoisotopic (exact) mass is 325 g/mol. The average Bonchev–Trinajstić information content (AvgIpc) is 3.37. The maximum Gasteiger partial charge on any atom is 0.0824 e. The molecular formula is C21H43NO. The first-order valence-corrected chi connectivity index (χ1v) is 10.7. The van der Waals surface area contributed by atoms with E-state index in [-0.39, 0.29) is 0 Å². The minimum Gasteiger partial charge on any atom is -0.373 e. The van der Waals surface area contributed by atoms with Crippen LogP contribution in [0.1, 0.15) is 104 Å². The van der Waals surface area contributed by atoms with Crippen LogP contribution in [-0.4, -0.2) is 36.7 Å². The summed E-state index contributed by atoms with van der Waals surface area (Å²) in [5, 5.41) is 0. The highest BCUT2D eigenvalue weighted by Gasteiger charge is 2.28. The second-order valence-electron chi connectivity index (χ2n) is 7.39. The van der Waals surface area contributed by atoms with Crippen LogP contribution < -0.4 is 0 Å². The number of epoxide rings is 1. The van der Waals surface area contributed by atoms with Crippen LogP contribution in [0.5, 0.6) is 0 Å². The quantitative estimate of drug-likeness (QED) is 0.234. The van der Waals surface area contributed by atoms with Crippen LogP contribution in [0.2, 0.25) is 0 Å². The minimum atomic E-state index is 0.577. The largest absolute Gasteiger partial charge is 0.373 e. The third kappa shape index (κ3) is 11.2. The molecule has 23 heavy (non-hydrogen) atoms. The third-order valence-corrected chi connectivity index (χ3v) is 5.41. The van der Waals surface area contributed by atoms with Gasteiger partial charge in [0.25, 0.3) is 0 Å². The normalized spacial score (nSPS) is 18.5. The predicted octanol–water partition coefficient (Wildman–Crippen LogP) is 6.19. The van der Waals surface area contributed by atoms with E-state index in [1.807, 2.05) is 0 Å². The fourth-order valence-electron chi connectivity index (χ4n) is 3.74. The van der Waals surface area contributed by atoms with Gasteiger partial charge in [-0.1, -0.05) is 91.4 Å². The predicted molar refractivity (Wildman–Crippen MR) is 102 cm³/mol. The van der Waals surface area contributed by atoms with Gasteiger partial charge in [-0.25, -0.2) is 0 Å². The van der Waals surface area contributed by atoms with Gasteiger partial charge in [0.15, 0.2) is 0 Å². The summed E-state index contributed by atoms with van der Waals surface area (Å²) in [5.41, 5.74) is 0. The molecule has 1 aliphatic heterocycles. The number of nitrogens with zero attached hydrogens (tertiary/aromatic N) is 1. The van der Waals surface area contributed by atoms with E-state index in [4.69, 9.17) is 4.74 Å². The molecule has 0 N–H and O–H groups in total. The van der Waals surface area contributed by atoms with E-state index in [1.54, 1.807) is 0 Å². The highest BCUT2D eigenvalue weighted by atomic mass is 16.6. The lowest BCUT2D eigenvalue weighted by Crippen LogP contribution is -2.36. The first-order chi connectivity index (χ1) is 11.3. The summed E-state index contributed by atoms with van der Waals surface area (Å²) in [6.45, 7) is 10.3. The molecule has 1 rings (SSSR count). The summed E-state index contributed by atoms with van der Waals surface area (Å²) in [5.74, 6) is 0. The van der Waals surface area contributed by atoms with Crippen molar-refractivity contribution < 1.29 is 4.74 Å². The van der Waals surface area contributed by atoms with Gasteiger partial charge in [-0.05, 0) is 25.9 Å². The van der Waals surface area contributed by atoms with E-state index in [1.165, 1.54) is 96.6 Å². The molecule has 0 amide bonds. The molecule has 1 heterocycles. The summed E-state index contributed by atoms with van der Waals surface area (Å²) in [6.07, 6.45) is 19.0. The molecule has 2 heteroatoms. The van der Waals surface area contributed by atoms with Gasteiger partial charge in [-0.2, -0.15) is 0 Å². The SMILES string of the molecule is CCCCCCCCCCCCCC(CC1CO1)N(CC)CC. The highest BCUT2D eigenvalue weighted by Crippen LogP contribution is 2.23. The van der Waals surface area contributed by atoms with Gasteiger partial charge in [0.2, 0.25) is 0 Å². The Morgan fingerprint density at radius 3 is 1.70 bits per heavy atom. The maximum absolute atomic E-state index is 5.46. The van der Waals surface area contributed by atoms with Crippen LogP contribution >= 0.6 is 0 Å². The summed E-state index contributed by atoms with van der Waals surface area (Å²) in [7, 11) is 0. The topological polar surface area (TPSA) is 15.8 Å². The van der Waals surface area contributed by atoms with Gasteiger partial charge >= 0.3 is 0 Å². The summed E-state index contributed by atoms with van der Waals surface area (Å²) < 4.78 is 5.46. The smallest absolute Gasteiger partial charge is 0.0824 e. The van der Waals surface area contributed by atoms with Gasteiger partial charge in [-0.3, -0.25) is 0 Å². The molecule has 2 atom stereocenters. The lowest BCUT2D eigenvalue weighted by atomic mass is 10.0. The second kappa shape index (κ2) is 14.3. The van der Waals surface area contributed by atoms with Crippen LogP contribution in [0, 0.1) is 0 Å². The number of hydrogen-bond acceptors (Lipinski definition) is 2. The van der Waals surface area contributed by atoms with E-state index in [0.717, 1.165) is 12.6 Å². The standard InChI is InChI=1S/C21H43NO/c1-4-7-8-9-10-11-12-13-14-15-16-17-20(18-21-19-23-21)22(5-2)6-3/h20-21H,4-19H2,1-3H3. The van der Waals surface area contributed by atoms with Crippen LogP contribution in [-0.2, 0) is 4.74 Å². The van der Waals surface area contributed by atoms with Gasteiger partial charge in [0.05, 0.1) is 12.7 Å². The van der Waals surface area contributed by atoms with E-state index in [9.17, 15) is 0 Å². The Labute approximate surface area is 146 Å². The van der Waals surface area contributed by atoms with E-state index >= 15 is 0 Å². The molecule has 0 radical (unpaired) electrons. The molecular weight excluding hydrogens is 282 g/mol. The molecule has 1 aliphatic rings. The molecule has 0 aliphatic carbocycles. The number of unbranched alkanes of at least 4 members (excludes halogenated alkanes) is 10. The zero-order chi connectivity index (χ0) is 16.8. The van der Waals surface area contributed by atoms with Crippen molar-refractivity contribution in [3.63, 3.8) is 0 Å². The molecule has 138 valence electrons. The first-order valence-electron chi connectivity index (χ1n) is 10.7. The second-order valence-corrected chi connectivity index (χ2v) is 7.39. The summed E-state index contributed by atoms with van der Waals surface area (Å²) in [6, 6.07) is 0.760. The Morgan fingerprint density at radius 2 is 1.26 bits per heavy atom. The number of rotatable bonds is 17. The molecule has 2 unspecified atom stereocenters. The van der Waals surface area contributed by atoms with E-state index in [2.05, 4.69) is 25.7 Å². The highest BCUT2D eigenvalue weighted by molar-refractivity contribution is 4.80. The molecule has 1 saturated heterocycles. The van der Waals surface area contributed by atoms with Gasteiger partial charge in [-0.15, -0.1) is 0 Å². The van der Waals surface area contributed by atoms with Crippen LogP contribution in [0.4, 0.5) is 0 Å². The van der Waals surface area contributed by atoms with Crippen LogP contribution in [0.15, 0.2) is 0 Å². The van der Waals surface area contributed by atoms with Crippen molar-refractivity contribution in [3.05, 3.63) is 0 Å². The number of hydrogen-bond donors (Lipinski definition) is 0. The Morgan fingerprint density at radius 1 is 0.783 bits per heavy atom. The summed E-state index contributed by atoms with van der Waals surface area (Å²) in [4.78, 5) is 2.64. The molecule has 0 saturated carbocycles. The Balaban J connectivity index is 1.94. The lowest BCUT2D eigenvalue weighted by Gasteiger charge is -2.29. The molecule has 0 aromatic carbocycles. The average molecular weight is 326 g/mol. The van der Waals surface area contributed by atoms with Crippen LogP contribution in [0.3, 0.4) is 0 Å². The Hall–Kier alpha value is -0.0800. The summed E-state index contributed by atoms with van der Waals surface area (Å²) >= 11 is 0. The van der Waals surface area contributed by atoms with Gasteiger partial charge in [0.1, 0.15) is 0 Å². The van der Waals surface area contributed by atoms with Crippen molar-refractivity contribution in [2.75, 3.05) is 19.7 Å². The molecule has 2 nitrogen and oxygen atoms in total.